The molecule has 0 unspecified atom stereocenters. The number of alkyl halides is 1. The maximum absolute atomic E-state index is 6.08. The van der Waals surface area contributed by atoms with Gasteiger partial charge in [-0.15, -0.1) is 0 Å². The Morgan fingerprint density at radius 3 is 2.20 bits per heavy atom. The van der Waals surface area contributed by atoms with Crippen molar-refractivity contribution in [1.29, 1.82) is 0 Å². The highest BCUT2D eigenvalue weighted by Gasteiger charge is 2.19. The molecule has 0 radical (unpaired) electrons. The van der Waals surface area contributed by atoms with Gasteiger partial charge in [-0.3, -0.25) is 0 Å². The number of hydrogen-bond donors (Lipinski definition) is 0. The molecule has 2 aromatic rings. The van der Waals surface area contributed by atoms with Crippen LogP contribution in [0.4, 0.5) is 0 Å². The van der Waals surface area contributed by atoms with Crippen LogP contribution in [0.1, 0.15) is 37.5 Å². The van der Waals surface area contributed by atoms with Crippen LogP contribution in [0.3, 0.4) is 0 Å². The fraction of sp³-hybridized carbons (Fsp3) is 0.333. The van der Waals surface area contributed by atoms with Gasteiger partial charge < -0.3 is 4.74 Å². The average molecular weight is 333 g/mol. The van der Waals surface area contributed by atoms with Crippen LogP contribution in [-0.4, -0.2) is 0 Å². The Balaban J connectivity index is 2.32. The van der Waals surface area contributed by atoms with Gasteiger partial charge in [0.05, 0.1) is 0 Å². The van der Waals surface area contributed by atoms with Gasteiger partial charge in [-0.2, -0.15) is 0 Å². The molecule has 0 bridgehead atoms. The lowest BCUT2D eigenvalue weighted by molar-refractivity contribution is 0.455. The van der Waals surface area contributed by atoms with Crippen LogP contribution < -0.4 is 4.74 Å². The Labute approximate surface area is 130 Å². The Kier molecular flexibility index (Phi) is 4.54. The van der Waals surface area contributed by atoms with Crippen molar-refractivity contribution in [2.75, 3.05) is 0 Å². The molecule has 106 valence electrons. The van der Waals surface area contributed by atoms with E-state index in [2.05, 4.69) is 74.0 Å². The van der Waals surface area contributed by atoms with Crippen LogP contribution in [0.2, 0.25) is 0 Å². The molecule has 2 aromatic carbocycles. The van der Waals surface area contributed by atoms with E-state index in [9.17, 15) is 0 Å². The second kappa shape index (κ2) is 6.01. The molecule has 0 spiro atoms. The van der Waals surface area contributed by atoms with Gasteiger partial charge in [0.25, 0.3) is 0 Å². The minimum Gasteiger partial charge on any atom is -0.457 e. The summed E-state index contributed by atoms with van der Waals surface area (Å²) in [6, 6.07) is 14.6. The molecule has 0 N–H and O–H groups in total. The molecule has 0 aliphatic carbocycles. The number of ether oxygens (including phenoxy) is 1. The summed E-state index contributed by atoms with van der Waals surface area (Å²) in [5.41, 5.74) is 3.81. The van der Waals surface area contributed by atoms with E-state index in [-0.39, 0.29) is 5.41 Å². The summed E-state index contributed by atoms with van der Waals surface area (Å²) in [5, 5.41) is 0.866. The molecule has 0 aliphatic heterocycles. The lowest BCUT2D eigenvalue weighted by Crippen LogP contribution is -2.12. The highest BCUT2D eigenvalue weighted by molar-refractivity contribution is 9.08. The van der Waals surface area contributed by atoms with Gasteiger partial charge in [-0.1, -0.05) is 66.5 Å². The molecule has 0 saturated carbocycles. The summed E-state index contributed by atoms with van der Waals surface area (Å²) in [6.45, 7) is 8.75. The zero-order valence-electron chi connectivity index (χ0n) is 12.5. The van der Waals surface area contributed by atoms with Gasteiger partial charge in [0.1, 0.15) is 11.5 Å². The molecule has 0 saturated heterocycles. The standard InChI is InChI=1S/C18H21BrO/c1-13-5-10-17(16(11-13)18(2,3)4)20-15-8-6-14(12-19)7-9-15/h5-11H,12H2,1-4H3. The first-order chi connectivity index (χ1) is 9.40. The van der Waals surface area contributed by atoms with Gasteiger partial charge in [-0.25, -0.2) is 0 Å². The Hall–Kier alpha value is -1.28. The zero-order chi connectivity index (χ0) is 14.8. The molecule has 2 rings (SSSR count). The monoisotopic (exact) mass is 332 g/mol. The topological polar surface area (TPSA) is 9.23 Å². The predicted octanol–water partition coefficient (Wildman–Crippen LogP) is 5.98. The van der Waals surface area contributed by atoms with E-state index in [1.54, 1.807) is 0 Å². The molecular weight excluding hydrogens is 312 g/mol. The third-order valence-electron chi connectivity index (χ3n) is 3.25. The number of aryl methyl sites for hydroxylation is 1. The summed E-state index contributed by atoms with van der Waals surface area (Å²) in [4.78, 5) is 0. The van der Waals surface area contributed by atoms with Crippen LogP contribution in [0.5, 0.6) is 11.5 Å². The van der Waals surface area contributed by atoms with E-state index < -0.39 is 0 Å². The number of halogens is 1. The van der Waals surface area contributed by atoms with E-state index in [0.29, 0.717) is 0 Å². The molecule has 2 heteroatoms. The predicted molar refractivity (Wildman–Crippen MR) is 89.0 cm³/mol. The maximum Gasteiger partial charge on any atom is 0.131 e. The quantitative estimate of drug-likeness (QED) is 0.628. The molecule has 1 nitrogen and oxygen atoms in total. The van der Waals surface area contributed by atoms with Crippen LogP contribution in [0, 0.1) is 6.92 Å². The molecule has 20 heavy (non-hydrogen) atoms. The summed E-state index contributed by atoms with van der Waals surface area (Å²) >= 11 is 3.45. The Morgan fingerprint density at radius 2 is 1.65 bits per heavy atom. The van der Waals surface area contributed by atoms with Crippen molar-refractivity contribution in [2.24, 2.45) is 0 Å². The zero-order valence-corrected chi connectivity index (χ0v) is 14.1. The van der Waals surface area contributed by atoms with E-state index in [0.717, 1.165) is 16.8 Å². The van der Waals surface area contributed by atoms with Crippen molar-refractivity contribution in [1.82, 2.24) is 0 Å². The van der Waals surface area contributed by atoms with Gasteiger partial charge >= 0.3 is 0 Å². The lowest BCUT2D eigenvalue weighted by Gasteiger charge is -2.23. The third kappa shape index (κ3) is 3.63. The van der Waals surface area contributed by atoms with Crippen LogP contribution in [0.15, 0.2) is 42.5 Å². The second-order valence-corrected chi connectivity index (χ2v) is 6.69. The van der Waals surface area contributed by atoms with E-state index >= 15 is 0 Å². The highest BCUT2D eigenvalue weighted by atomic mass is 79.9. The van der Waals surface area contributed by atoms with Crippen molar-refractivity contribution >= 4 is 15.9 Å². The highest BCUT2D eigenvalue weighted by Crippen LogP contribution is 2.34. The molecule has 0 heterocycles. The summed E-state index contributed by atoms with van der Waals surface area (Å²) in [7, 11) is 0. The first-order valence-corrected chi connectivity index (χ1v) is 7.96. The molecule has 0 atom stereocenters. The van der Waals surface area contributed by atoms with Crippen LogP contribution >= 0.6 is 15.9 Å². The Morgan fingerprint density at radius 1 is 1.00 bits per heavy atom. The number of rotatable bonds is 3. The molecule has 0 fully saturated rings. The van der Waals surface area contributed by atoms with Gasteiger partial charge in [0, 0.05) is 10.9 Å². The van der Waals surface area contributed by atoms with Gasteiger partial charge in [0.2, 0.25) is 0 Å². The van der Waals surface area contributed by atoms with Gasteiger partial charge in [-0.05, 0) is 36.1 Å². The largest absolute Gasteiger partial charge is 0.457 e. The van der Waals surface area contributed by atoms with Gasteiger partial charge in [0.15, 0.2) is 0 Å². The van der Waals surface area contributed by atoms with Crippen molar-refractivity contribution in [3.8, 4) is 11.5 Å². The minimum absolute atomic E-state index is 0.0666. The number of hydrogen-bond acceptors (Lipinski definition) is 1. The fourth-order valence-corrected chi connectivity index (χ4v) is 2.47. The van der Waals surface area contributed by atoms with Crippen molar-refractivity contribution in [3.63, 3.8) is 0 Å². The minimum atomic E-state index is 0.0666. The molecule has 0 aliphatic rings. The van der Waals surface area contributed by atoms with E-state index in [4.69, 9.17) is 4.74 Å². The van der Waals surface area contributed by atoms with Crippen molar-refractivity contribution < 1.29 is 4.74 Å². The van der Waals surface area contributed by atoms with Crippen molar-refractivity contribution in [3.05, 3.63) is 59.2 Å². The summed E-state index contributed by atoms with van der Waals surface area (Å²) in [6.07, 6.45) is 0. The smallest absolute Gasteiger partial charge is 0.131 e. The third-order valence-corrected chi connectivity index (χ3v) is 3.90. The summed E-state index contributed by atoms with van der Waals surface area (Å²) in [5.74, 6) is 1.82. The first kappa shape index (κ1) is 15.1. The maximum atomic E-state index is 6.08. The molecule has 0 aromatic heterocycles. The first-order valence-electron chi connectivity index (χ1n) is 6.84. The number of benzene rings is 2. The summed E-state index contributed by atoms with van der Waals surface area (Å²) < 4.78 is 6.08. The fourth-order valence-electron chi connectivity index (χ4n) is 2.09. The van der Waals surface area contributed by atoms with Crippen LogP contribution in [-0.2, 0) is 10.7 Å². The second-order valence-electron chi connectivity index (χ2n) is 6.13. The Bertz CT molecular complexity index is 579. The molecule has 0 amide bonds. The SMILES string of the molecule is Cc1ccc(Oc2ccc(CBr)cc2)c(C(C)(C)C)c1. The van der Waals surface area contributed by atoms with E-state index in [1.807, 2.05) is 12.1 Å². The van der Waals surface area contributed by atoms with E-state index in [1.165, 1.54) is 16.7 Å². The lowest BCUT2D eigenvalue weighted by atomic mass is 9.85. The average Bonchev–Trinajstić information content (AvgIpc) is 2.40. The normalized spacial score (nSPS) is 11.4. The molecular formula is C18H21BrO. The van der Waals surface area contributed by atoms with Crippen molar-refractivity contribution in [2.45, 2.75) is 38.4 Å². The van der Waals surface area contributed by atoms with Crippen LogP contribution in [0.25, 0.3) is 0 Å².